The molecule has 0 radical (unpaired) electrons. The summed E-state index contributed by atoms with van der Waals surface area (Å²) in [6.45, 7) is -1.17. The summed E-state index contributed by atoms with van der Waals surface area (Å²) in [6, 6.07) is 2.25. The molecule has 1 aromatic carbocycles. The summed E-state index contributed by atoms with van der Waals surface area (Å²) in [6.07, 6.45) is 4.55. The number of ether oxygens (including phenoxy) is 1. The van der Waals surface area contributed by atoms with Crippen molar-refractivity contribution in [2.75, 3.05) is 5.32 Å². The molecule has 0 saturated carbocycles. The van der Waals surface area contributed by atoms with Crippen LogP contribution in [0.5, 0.6) is 5.75 Å². The third-order valence-corrected chi connectivity index (χ3v) is 4.43. The Kier molecular flexibility index (Phi) is 5.28. The van der Waals surface area contributed by atoms with E-state index in [1.54, 1.807) is 19.3 Å². The van der Waals surface area contributed by atoms with Gasteiger partial charge in [0, 0.05) is 24.5 Å². The normalized spacial score (nSPS) is 12.5. The van der Waals surface area contributed by atoms with Crippen LogP contribution in [-0.4, -0.2) is 36.3 Å². The highest BCUT2D eigenvalue weighted by Crippen LogP contribution is 2.32. The zero-order valence-corrected chi connectivity index (χ0v) is 16.9. The number of alkyl halides is 2. The average molecular weight is 487 g/mol. The summed E-state index contributed by atoms with van der Waals surface area (Å²) in [5.41, 5.74) is 0.501. The van der Waals surface area contributed by atoms with Crippen LogP contribution in [0.15, 0.2) is 39.7 Å². The smallest absolute Gasteiger partial charge is 0.387 e. The van der Waals surface area contributed by atoms with Crippen molar-refractivity contribution in [1.29, 1.82) is 0 Å². The Balaban J connectivity index is 1.60. The number of aromatic nitrogens is 6. The summed E-state index contributed by atoms with van der Waals surface area (Å²) in [4.78, 5) is 16.8. The van der Waals surface area contributed by atoms with E-state index in [4.69, 9.17) is 16.0 Å². The van der Waals surface area contributed by atoms with E-state index in [9.17, 15) is 8.78 Å². The highest BCUT2D eigenvalue weighted by atomic mass is 79.9. The van der Waals surface area contributed by atoms with Crippen molar-refractivity contribution < 1.29 is 17.9 Å². The minimum Gasteiger partial charge on any atom is -0.435 e. The maximum atomic E-state index is 12.4. The van der Waals surface area contributed by atoms with Gasteiger partial charge in [0.2, 0.25) is 0 Å². The fourth-order valence-corrected chi connectivity index (χ4v) is 3.01. The molecule has 150 valence electrons. The van der Waals surface area contributed by atoms with Gasteiger partial charge in [-0.2, -0.15) is 23.5 Å². The van der Waals surface area contributed by atoms with Crippen LogP contribution in [0.2, 0.25) is 5.02 Å². The van der Waals surface area contributed by atoms with E-state index in [2.05, 4.69) is 51.0 Å². The third kappa shape index (κ3) is 4.12. The first-order valence-corrected chi connectivity index (χ1v) is 9.27. The number of rotatable bonds is 6. The molecule has 0 spiro atoms. The second-order valence-corrected chi connectivity index (χ2v) is 7.07. The van der Waals surface area contributed by atoms with E-state index in [1.165, 1.54) is 23.1 Å². The fraction of sp³-hybridized carbons (Fsp3) is 0.188. The van der Waals surface area contributed by atoms with E-state index in [0.29, 0.717) is 11.8 Å². The van der Waals surface area contributed by atoms with Crippen molar-refractivity contribution in [3.63, 3.8) is 0 Å². The van der Waals surface area contributed by atoms with Gasteiger partial charge in [-0.15, -0.1) is 0 Å². The van der Waals surface area contributed by atoms with Crippen molar-refractivity contribution in [1.82, 2.24) is 29.7 Å². The fourth-order valence-electron chi connectivity index (χ4n) is 2.56. The number of anilines is 1. The maximum absolute atomic E-state index is 12.4. The van der Waals surface area contributed by atoms with E-state index < -0.39 is 12.7 Å². The maximum Gasteiger partial charge on any atom is 0.387 e. The predicted molar refractivity (Wildman–Crippen MR) is 102 cm³/mol. The molecule has 0 aliphatic heterocycles. The number of nitrogens with one attached hydrogen (secondary N) is 1. The summed E-state index contributed by atoms with van der Waals surface area (Å²) in [5, 5.41) is 7.26. The van der Waals surface area contributed by atoms with E-state index in [1.807, 2.05) is 0 Å². The molecule has 29 heavy (non-hydrogen) atoms. The van der Waals surface area contributed by atoms with Crippen LogP contribution in [0.4, 0.5) is 14.8 Å². The van der Waals surface area contributed by atoms with Gasteiger partial charge in [-0.05, 0) is 22.9 Å². The zero-order valence-electron chi connectivity index (χ0n) is 14.6. The first kappa shape index (κ1) is 19.5. The molecule has 0 saturated heterocycles. The van der Waals surface area contributed by atoms with Gasteiger partial charge in [0.15, 0.2) is 11.4 Å². The first-order chi connectivity index (χ1) is 13.9. The first-order valence-electron chi connectivity index (χ1n) is 8.10. The Labute approximate surface area is 175 Å². The molecule has 3 aromatic heterocycles. The van der Waals surface area contributed by atoms with Crippen molar-refractivity contribution in [3.05, 3.63) is 46.2 Å². The van der Waals surface area contributed by atoms with E-state index in [0.717, 1.165) is 4.47 Å². The van der Waals surface area contributed by atoms with Gasteiger partial charge < -0.3 is 14.5 Å². The standard InChI is InChI=1S/C16H11BrClF2N7O2/c1-7(13-23-6-24-27(13)15-21-4-8(17)5-22-15)25-16-26-11-3-9(28-14(19)20)2-10(18)12(11)29-16/h2-7,14H,1H3,(H,25,26)/t7-/m0/s1. The van der Waals surface area contributed by atoms with Gasteiger partial charge in [-0.3, -0.25) is 0 Å². The number of hydrogen-bond donors (Lipinski definition) is 1. The molecule has 0 aliphatic rings. The quantitative estimate of drug-likeness (QED) is 0.428. The lowest BCUT2D eigenvalue weighted by atomic mass is 10.3. The van der Waals surface area contributed by atoms with Gasteiger partial charge in [0.05, 0.1) is 15.5 Å². The van der Waals surface area contributed by atoms with Crippen LogP contribution in [0.3, 0.4) is 0 Å². The summed E-state index contributed by atoms with van der Waals surface area (Å²) in [7, 11) is 0. The number of benzene rings is 1. The van der Waals surface area contributed by atoms with Crippen LogP contribution in [-0.2, 0) is 0 Å². The second kappa shape index (κ2) is 7.87. The third-order valence-electron chi connectivity index (χ3n) is 3.74. The number of halogens is 4. The minimum atomic E-state index is -2.97. The molecule has 0 bridgehead atoms. The number of nitrogens with zero attached hydrogens (tertiary/aromatic N) is 6. The lowest BCUT2D eigenvalue weighted by molar-refractivity contribution is -0.0497. The molecular formula is C16H11BrClF2N7O2. The molecule has 3 heterocycles. The number of hydrogen-bond acceptors (Lipinski definition) is 8. The topological polar surface area (TPSA) is 104 Å². The van der Waals surface area contributed by atoms with Gasteiger partial charge in [0.1, 0.15) is 17.6 Å². The Morgan fingerprint density at radius 2 is 2.00 bits per heavy atom. The molecule has 0 aliphatic carbocycles. The largest absolute Gasteiger partial charge is 0.435 e. The lowest BCUT2D eigenvalue weighted by Crippen LogP contribution is -2.15. The predicted octanol–water partition coefficient (Wildman–Crippen LogP) is 4.39. The number of oxazole rings is 1. The van der Waals surface area contributed by atoms with Crippen molar-refractivity contribution in [2.45, 2.75) is 19.6 Å². The molecule has 0 unspecified atom stereocenters. The summed E-state index contributed by atoms with van der Waals surface area (Å²) in [5.74, 6) is 0.726. The van der Waals surface area contributed by atoms with Crippen LogP contribution >= 0.6 is 27.5 Å². The Hall–Kier alpha value is -2.86. The molecule has 1 N–H and O–H groups in total. The summed E-state index contributed by atoms with van der Waals surface area (Å²) >= 11 is 9.36. The SMILES string of the molecule is C[C@H](Nc1nc2cc(OC(F)F)cc(Cl)c2o1)c1ncnn1-c1ncc(Br)cn1. The molecule has 9 nitrogen and oxygen atoms in total. The minimum absolute atomic E-state index is 0.0952. The Morgan fingerprint density at radius 1 is 1.24 bits per heavy atom. The molecule has 1 atom stereocenters. The van der Waals surface area contributed by atoms with E-state index in [-0.39, 0.29) is 27.9 Å². The van der Waals surface area contributed by atoms with Crippen molar-refractivity contribution >= 4 is 44.6 Å². The highest BCUT2D eigenvalue weighted by molar-refractivity contribution is 9.10. The van der Waals surface area contributed by atoms with Gasteiger partial charge in [0.25, 0.3) is 12.0 Å². The summed E-state index contributed by atoms with van der Waals surface area (Å²) < 4.78 is 37.0. The van der Waals surface area contributed by atoms with Crippen molar-refractivity contribution in [2.24, 2.45) is 0 Å². The van der Waals surface area contributed by atoms with Gasteiger partial charge >= 0.3 is 6.61 Å². The molecule has 13 heteroatoms. The molecule has 4 rings (SSSR count). The van der Waals surface area contributed by atoms with Crippen LogP contribution < -0.4 is 10.1 Å². The molecule has 4 aromatic rings. The molecular weight excluding hydrogens is 476 g/mol. The van der Waals surface area contributed by atoms with Gasteiger partial charge in [-0.25, -0.2) is 15.0 Å². The highest BCUT2D eigenvalue weighted by Gasteiger charge is 2.19. The number of fused-ring (bicyclic) bond motifs is 1. The molecule has 0 amide bonds. The van der Waals surface area contributed by atoms with Crippen LogP contribution in [0, 0.1) is 0 Å². The Morgan fingerprint density at radius 3 is 2.72 bits per heavy atom. The van der Waals surface area contributed by atoms with Crippen LogP contribution in [0.25, 0.3) is 17.0 Å². The molecule has 0 fully saturated rings. The lowest BCUT2D eigenvalue weighted by Gasteiger charge is -2.12. The average Bonchev–Trinajstić information content (AvgIpc) is 3.29. The zero-order chi connectivity index (χ0) is 20.5. The Bertz CT molecular complexity index is 1150. The van der Waals surface area contributed by atoms with Gasteiger partial charge in [-0.1, -0.05) is 11.6 Å². The van der Waals surface area contributed by atoms with Crippen molar-refractivity contribution in [3.8, 4) is 11.7 Å². The van der Waals surface area contributed by atoms with Crippen LogP contribution in [0.1, 0.15) is 18.8 Å². The van der Waals surface area contributed by atoms with E-state index >= 15 is 0 Å². The monoisotopic (exact) mass is 485 g/mol. The second-order valence-electron chi connectivity index (χ2n) is 5.75.